The fraction of sp³-hybridized carbons (Fsp3) is 0.625. The number of carbonyl (C=O) groups excluding carboxylic acids is 4. The van der Waals surface area contributed by atoms with Crippen LogP contribution < -0.4 is 0 Å². The lowest BCUT2D eigenvalue weighted by Crippen LogP contribution is -2.34. The van der Waals surface area contributed by atoms with Crippen LogP contribution in [0.3, 0.4) is 0 Å². The third-order valence-electron chi connectivity index (χ3n) is 4.23. The van der Waals surface area contributed by atoms with Gasteiger partial charge in [0.1, 0.15) is 18.4 Å². The summed E-state index contributed by atoms with van der Waals surface area (Å²) in [5, 5.41) is 0. The van der Waals surface area contributed by atoms with Crippen LogP contribution in [0.1, 0.15) is 33.1 Å². The van der Waals surface area contributed by atoms with Crippen LogP contribution in [0.25, 0.3) is 0 Å². The van der Waals surface area contributed by atoms with Gasteiger partial charge in [-0.1, -0.05) is 18.6 Å². The molecule has 5 heteroatoms. The summed E-state index contributed by atoms with van der Waals surface area (Å²) in [4.78, 5) is 45.9. The van der Waals surface area contributed by atoms with Crippen molar-refractivity contribution in [3.63, 3.8) is 0 Å². The highest BCUT2D eigenvalue weighted by Crippen LogP contribution is 2.37. The molecule has 0 amide bonds. The van der Waals surface area contributed by atoms with Gasteiger partial charge in [-0.05, 0) is 19.3 Å². The van der Waals surface area contributed by atoms with Crippen molar-refractivity contribution in [2.24, 2.45) is 23.7 Å². The molecule has 1 aliphatic rings. The van der Waals surface area contributed by atoms with E-state index in [0.29, 0.717) is 12.8 Å². The Bertz CT molecular complexity index is 452. The number of hydrogen-bond donors (Lipinski definition) is 0. The summed E-state index contributed by atoms with van der Waals surface area (Å²) in [6.07, 6.45) is 4.16. The zero-order chi connectivity index (χ0) is 16.0. The van der Waals surface area contributed by atoms with Crippen molar-refractivity contribution in [3.05, 3.63) is 11.6 Å². The molecule has 116 valence electrons. The molecule has 4 unspecified atom stereocenters. The Morgan fingerprint density at radius 1 is 1.43 bits per heavy atom. The number of esters is 1. The summed E-state index contributed by atoms with van der Waals surface area (Å²) in [6.45, 7) is 3.56. The molecule has 0 spiro atoms. The minimum atomic E-state index is -0.521. The zero-order valence-electron chi connectivity index (χ0n) is 12.7. The first-order valence-corrected chi connectivity index (χ1v) is 7.16. The standard InChI is InChI=1S/C16H22O5/c1-4-15(19)13-6-11(5-10(2)14(13)9-18)12(8-17)7-16(20)21-3/h5,8-9,11-14H,4,6-7H2,1-3H3. The van der Waals surface area contributed by atoms with Gasteiger partial charge in [0, 0.05) is 24.2 Å². The van der Waals surface area contributed by atoms with E-state index in [4.69, 9.17) is 0 Å². The molecular weight excluding hydrogens is 272 g/mol. The predicted molar refractivity (Wildman–Crippen MR) is 76.4 cm³/mol. The minimum Gasteiger partial charge on any atom is -0.469 e. The third kappa shape index (κ3) is 4.09. The molecule has 4 atom stereocenters. The van der Waals surface area contributed by atoms with Crippen molar-refractivity contribution in [3.8, 4) is 0 Å². The van der Waals surface area contributed by atoms with E-state index < -0.39 is 23.7 Å². The Hall–Kier alpha value is -1.78. The maximum atomic E-state index is 12.1. The van der Waals surface area contributed by atoms with Gasteiger partial charge in [-0.3, -0.25) is 9.59 Å². The second kappa shape index (κ2) is 7.86. The molecule has 0 radical (unpaired) electrons. The normalized spacial score (nSPS) is 26.4. The Balaban J connectivity index is 3.00. The lowest BCUT2D eigenvalue weighted by atomic mass is 9.69. The van der Waals surface area contributed by atoms with Gasteiger partial charge >= 0.3 is 5.97 Å². The molecule has 5 nitrogen and oxygen atoms in total. The average Bonchev–Trinajstić information content (AvgIpc) is 2.50. The van der Waals surface area contributed by atoms with E-state index in [1.165, 1.54) is 7.11 Å². The van der Waals surface area contributed by atoms with Gasteiger partial charge in [0.25, 0.3) is 0 Å². The van der Waals surface area contributed by atoms with E-state index in [1.807, 2.05) is 6.08 Å². The summed E-state index contributed by atoms with van der Waals surface area (Å²) < 4.78 is 4.60. The molecule has 0 aromatic rings. The van der Waals surface area contributed by atoms with Crippen molar-refractivity contribution in [1.29, 1.82) is 0 Å². The van der Waals surface area contributed by atoms with Crippen LogP contribution in [0, 0.1) is 23.7 Å². The van der Waals surface area contributed by atoms with E-state index in [1.54, 1.807) is 13.8 Å². The van der Waals surface area contributed by atoms with Crippen molar-refractivity contribution >= 4 is 24.3 Å². The molecular formula is C16H22O5. The van der Waals surface area contributed by atoms with Crippen LogP contribution in [0.15, 0.2) is 11.6 Å². The maximum Gasteiger partial charge on any atom is 0.306 e. The van der Waals surface area contributed by atoms with Gasteiger partial charge in [0.15, 0.2) is 0 Å². The number of ether oxygens (including phenoxy) is 1. The lowest BCUT2D eigenvalue weighted by molar-refractivity contribution is -0.143. The van der Waals surface area contributed by atoms with Crippen LogP contribution in [0.2, 0.25) is 0 Å². The van der Waals surface area contributed by atoms with E-state index in [0.717, 1.165) is 18.1 Å². The molecule has 0 aliphatic heterocycles. The summed E-state index contributed by atoms with van der Waals surface area (Å²) in [6, 6.07) is 0. The molecule has 1 aliphatic carbocycles. The van der Waals surface area contributed by atoms with Crippen LogP contribution in [-0.4, -0.2) is 31.4 Å². The van der Waals surface area contributed by atoms with Gasteiger partial charge < -0.3 is 14.3 Å². The SMILES string of the molecule is CCC(=O)C1CC(C(C=O)CC(=O)OC)C=C(C)C1C=O. The highest BCUT2D eigenvalue weighted by Gasteiger charge is 2.37. The Kier molecular flexibility index (Phi) is 6.46. The van der Waals surface area contributed by atoms with Gasteiger partial charge in [-0.25, -0.2) is 0 Å². The van der Waals surface area contributed by atoms with Crippen LogP contribution in [0.4, 0.5) is 0 Å². The second-order valence-corrected chi connectivity index (χ2v) is 5.48. The number of carbonyl (C=O) groups is 4. The molecule has 0 bridgehead atoms. The number of aldehydes is 2. The Morgan fingerprint density at radius 3 is 2.57 bits per heavy atom. The first-order valence-electron chi connectivity index (χ1n) is 7.16. The first kappa shape index (κ1) is 17.3. The average molecular weight is 294 g/mol. The molecule has 0 saturated heterocycles. The molecule has 0 aromatic carbocycles. The van der Waals surface area contributed by atoms with E-state index in [-0.39, 0.29) is 18.1 Å². The quantitative estimate of drug-likeness (QED) is 0.406. The van der Waals surface area contributed by atoms with E-state index >= 15 is 0 Å². The minimum absolute atomic E-state index is 0.00671. The number of ketones is 1. The zero-order valence-corrected chi connectivity index (χ0v) is 12.7. The van der Waals surface area contributed by atoms with Crippen molar-refractivity contribution in [2.75, 3.05) is 7.11 Å². The number of hydrogen-bond acceptors (Lipinski definition) is 5. The number of Topliss-reactive ketones (excluding diaryl/α,β-unsaturated/α-hetero) is 1. The van der Waals surface area contributed by atoms with E-state index in [9.17, 15) is 19.2 Å². The summed E-state index contributed by atoms with van der Waals surface area (Å²) in [7, 11) is 1.28. The van der Waals surface area contributed by atoms with Crippen LogP contribution in [-0.2, 0) is 23.9 Å². The lowest BCUT2D eigenvalue weighted by Gasteiger charge is -2.33. The molecule has 1 rings (SSSR count). The van der Waals surface area contributed by atoms with Crippen molar-refractivity contribution in [1.82, 2.24) is 0 Å². The Labute approximate surface area is 124 Å². The molecule has 21 heavy (non-hydrogen) atoms. The summed E-state index contributed by atoms with van der Waals surface area (Å²) in [5.41, 5.74) is 0.796. The first-order chi connectivity index (χ1) is 9.98. The second-order valence-electron chi connectivity index (χ2n) is 5.48. The van der Waals surface area contributed by atoms with Gasteiger partial charge in [0.05, 0.1) is 13.5 Å². The fourth-order valence-electron chi connectivity index (χ4n) is 2.94. The van der Waals surface area contributed by atoms with Gasteiger partial charge in [-0.15, -0.1) is 0 Å². The highest BCUT2D eigenvalue weighted by molar-refractivity contribution is 5.85. The largest absolute Gasteiger partial charge is 0.469 e. The summed E-state index contributed by atoms with van der Waals surface area (Å²) in [5.74, 6) is -1.98. The van der Waals surface area contributed by atoms with E-state index in [2.05, 4.69) is 4.74 Å². The molecule has 0 heterocycles. The smallest absolute Gasteiger partial charge is 0.306 e. The van der Waals surface area contributed by atoms with Crippen molar-refractivity contribution in [2.45, 2.75) is 33.1 Å². The third-order valence-corrected chi connectivity index (χ3v) is 4.23. The summed E-state index contributed by atoms with van der Waals surface area (Å²) >= 11 is 0. The maximum absolute atomic E-state index is 12.1. The van der Waals surface area contributed by atoms with Gasteiger partial charge in [-0.2, -0.15) is 0 Å². The predicted octanol–water partition coefficient (Wildman–Crippen LogP) is 1.74. The molecule has 0 aromatic heterocycles. The fourth-order valence-corrected chi connectivity index (χ4v) is 2.94. The monoisotopic (exact) mass is 294 g/mol. The molecule has 0 fully saturated rings. The van der Waals surface area contributed by atoms with Gasteiger partial charge in [0.2, 0.25) is 0 Å². The number of allylic oxidation sites excluding steroid dienone is 2. The number of rotatable bonds is 7. The Morgan fingerprint density at radius 2 is 2.10 bits per heavy atom. The van der Waals surface area contributed by atoms with Crippen molar-refractivity contribution < 1.29 is 23.9 Å². The highest BCUT2D eigenvalue weighted by atomic mass is 16.5. The molecule has 0 saturated carbocycles. The topological polar surface area (TPSA) is 77.5 Å². The number of methoxy groups -OCH3 is 1. The van der Waals surface area contributed by atoms with Crippen LogP contribution in [0.5, 0.6) is 0 Å². The molecule has 0 N–H and O–H groups in total. The van der Waals surface area contributed by atoms with Crippen LogP contribution >= 0.6 is 0 Å².